The average Bonchev–Trinajstić information content (AvgIpc) is 2.85. The highest BCUT2D eigenvalue weighted by Crippen LogP contribution is 2.21. The van der Waals surface area contributed by atoms with Crippen LogP contribution in [0.5, 0.6) is 5.75 Å². The summed E-state index contributed by atoms with van der Waals surface area (Å²) in [5.41, 5.74) is 1.76. The van der Waals surface area contributed by atoms with E-state index in [0.29, 0.717) is 19.3 Å². The second kappa shape index (κ2) is 5.53. The predicted octanol–water partition coefficient (Wildman–Crippen LogP) is 1.84. The molecular weight excluding hydrogens is 234 g/mol. The van der Waals surface area contributed by atoms with Crippen molar-refractivity contribution in [3.05, 3.63) is 29.8 Å². The van der Waals surface area contributed by atoms with Gasteiger partial charge in [0.2, 0.25) is 0 Å². The third-order valence-electron chi connectivity index (χ3n) is 2.83. The number of benzene rings is 1. The largest absolute Gasteiger partial charge is 0.508 e. The minimum Gasteiger partial charge on any atom is -0.508 e. The zero-order valence-electron chi connectivity index (χ0n) is 10.1. The van der Waals surface area contributed by atoms with Crippen molar-refractivity contribution in [1.82, 2.24) is 0 Å². The maximum Gasteiger partial charge on any atom is 0.305 e. The molecule has 0 bridgehead atoms. The zero-order chi connectivity index (χ0) is 13.0. The van der Waals surface area contributed by atoms with Crippen molar-refractivity contribution in [3.63, 3.8) is 0 Å². The molecule has 0 fully saturated rings. The van der Waals surface area contributed by atoms with Gasteiger partial charge in [0, 0.05) is 12.8 Å². The fourth-order valence-electron chi connectivity index (χ4n) is 1.79. The van der Waals surface area contributed by atoms with Gasteiger partial charge in [-0.15, -0.1) is 0 Å². The molecule has 96 valence electrons. The van der Waals surface area contributed by atoms with Crippen LogP contribution >= 0.6 is 0 Å². The monoisotopic (exact) mass is 249 g/mol. The van der Waals surface area contributed by atoms with E-state index in [4.69, 9.17) is 4.84 Å². The number of hydrogen-bond acceptors (Lipinski definition) is 5. The number of esters is 1. The highest BCUT2D eigenvalue weighted by atomic mass is 16.6. The second-order valence-corrected chi connectivity index (χ2v) is 4.13. The Bertz CT molecular complexity index is 453. The Morgan fingerprint density at radius 2 is 2.22 bits per heavy atom. The summed E-state index contributed by atoms with van der Waals surface area (Å²) in [6.07, 6.45) is 1.52. The average molecular weight is 249 g/mol. The number of phenolic OH excluding ortho intramolecular Hbond substituents is 1. The van der Waals surface area contributed by atoms with E-state index in [1.54, 1.807) is 24.3 Å². The van der Waals surface area contributed by atoms with Crippen molar-refractivity contribution >= 4 is 11.7 Å². The van der Waals surface area contributed by atoms with Crippen molar-refractivity contribution in [2.24, 2.45) is 5.16 Å². The van der Waals surface area contributed by atoms with E-state index in [-0.39, 0.29) is 17.8 Å². The predicted molar refractivity (Wildman–Crippen MR) is 65.4 cm³/mol. The second-order valence-electron chi connectivity index (χ2n) is 4.13. The Kier molecular flexibility index (Phi) is 3.82. The Hall–Kier alpha value is -2.04. The topological polar surface area (TPSA) is 68.1 Å². The molecule has 0 amide bonds. The molecular formula is C13H15NO4. The number of carbonyl (C=O) groups is 1. The highest BCUT2D eigenvalue weighted by Gasteiger charge is 2.22. The zero-order valence-corrected chi connectivity index (χ0v) is 10.1. The first-order valence-electron chi connectivity index (χ1n) is 5.78. The third kappa shape index (κ3) is 3.00. The number of carbonyl (C=O) groups excluding carboxylic acids is 1. The number of methoxy groups -OCH3 is 1. The summed E-state index contributed by atoms with van der Waals surface area (Å²) in [5.74, 6) is -0.0165. The lowest BCUT2D eigenvalue weighted by atomic mass is 10.0. The van der Waals surface area contributed by atoms with Gasteiger partial charge < -0.3 is 14.7 Å². The summed E-state index contributed by atoms with van der Waals surface area (Å²) in [4.78, 5) is 16.3. The van der Waals surface area contributed by atoms with Crippen LogP contribution in [0.3, 0.4) is 0 Å². The van der Waals surface area contributed by atoms with E-state index >= 15 is 0 Å². The molecule has 1 aromatic rings. The van der Waals surface area contributed by atoms with E-state index in [2.05, 4.69) is 9.89 Å². The maximum atomic E-state index is 11.0. The van der Waals surface area contributed by atoms with Gasteiger partial charge in [-0.25, -0.2) is 0 Å². The SMILES string of the molecule is COC(=O)CCC1CC(c2ccc(O)cc2)=NO1. The molecule has 1 aliphatic rings. The molecule has 1 unspecified atom stereocenters. The summed E-state index contributed by atoms with van der Waals surface area (Å²) < 4.78 is 4.57. The van der Waals surface area contributed by atoms with Crippen LogP contribution in [-0.2, 0) is 14.4 Å². The van der Waals surface area contributed by atoms with Crippen molar-refractivity contribution in [1.29, 1.82) is 0 Å². The van der Waals surface area contributed by atoms with Gasteiger partial charge in [0.1, 0.15) is 11.9 Å². The van der Waals surface area contributed by atoms with Crippen molar-refractivity contribution in [2.75, 3.05) is 7.11 Å². The summed E-state index contributed by atoms with van der Waals surface area (Å²) in [7, 11) is 1.37. The van der Waals surface area contributed by atoms with Gasteiger partial charge in [0.25, 0.3) is 0 Å². The van der Waals surface area contributed by atoms with E-state index in [1.807, 2.05) is 0 Å². The first-order chi connectivity index (χ1) is 8.69. The summed E-state index contributed by atoms with van der Waals surface area (Å²) in [6, 6.07) is 6.81. The number of oxime groups is 1. The molecule has 2 rings (SSSR count). The number of rotatable bonds is 4. The fraction of sp³-hybridized carbons (Fsp3) is 0.385. The van der Waals surface area contributed by atoms with Crippen LogP contribution in [0.2, 0.25) is 0 Å². The molecule has 5 heteroatoms. The van der Waals surface area contributed by atoms with Crippen LogP contribution < -0.4 is 0 Å². The molecule has 18 heavy (non-hydrogen) atoms. The normalized spacial score (nSPS) is 18.1. The highest BCUT2D eigenvalue weighted by molar-refractivity contribution is 6.01. The van der Waals surface area contributed by atoms with Gasteiger partial charge in [-0.05, 0) is 36.2 Å². The van der Waals surface area contributed by atoms with E-state index in [1.165, 1.54) is 7.11 Å². The first-order valence-corrected chi connectivity index (χ1v) is 5.78. The van der Waals surface area contributed by atoms with Crippen molar-refractivity contribution < 1.29 is 19.5 Å². The standard InChI is InChI=1S/C13H15NO4/c1-17-13(16)7-6-11-8-12(14-18-11)9-2-4-10(15)5-3-9/h2-5,11,15H,6-8H2,1H3. The molecule has 1 atom stereocenters. The van der Waals surface area contributed by atoms with Crippen LogP contribution in [0.15, 0.2) is 29.4 Å². The molecule has 0 saturated heterocycles. The summed E-state index contributed by atoms with van der Waals surface area (Å²) in [5, 5.41) is 13.2. The first kappa shape index (κ1) is 12.4. The number of phenols is 1. The van der Waals surface area contributed by atoms with Crippen molar-refractivity contribution in [2.45, 2.75) is 25.4 Å². The Balaban J connectivity index is 1.87. The van der Waals surface area contributed by atoms with Gasteiger partial charge >= 0.3 is 5.97 Å². The Morgan fingerprint density at radius 3 is 2.89 bits per heavy atom. The van der Waals surface area contributed by atoms with Gasteiger partial charge in [-0.2, -0.15) is 0 Å². The number of aromatic hydroxyl groups is 1. The molecule has 1 aliphatic heterocycles. The lowest BCUT2D eigenvalue weighted by molar-refractivity contribution is -0.141. The van der Waals surface area contributed by atoms with Crippen molar-refractivity contribution in [3.8, 4) is 5.75 Å². The van der Waals surface area contributed by atoms with Crippen LogP contribution in [0, 0.1) is 0 Å². The molecule has 1 aromatic carbocycles. The number of hydrogen-bond donors (Lipinski definition) is 1. The van der Waals surface area contributed by atoms with Gasteiger partial charge in [0.05, 0.1) is 12.8 Å². The van der Waals surface area contributed by atoms with E-state index in [0.717, 1.165) is 11.3 Å². The smallest absolute Gasteiger partial charge is 0.305 e. The van der Waals surface area contributed by atoms with Gasteiger partial charge in [-0.1, -0.05) is 5.16 Å². The Labute approximate surface area is 105 Å². The number of ether oxygens (including phenoxy) is 1. The van der Waals surface area contributed by atoms with Crippen LogP contribution in [0.4, 0.5) is 0 Å². The number of nitrogens with zero attached hydrogens (tertiary/aromatic N) is 1. The molecule has 0 spiro atoms. The molecule has 1 heterocycles. The van der Waals surface area contributed by atoms with E-state index < -0.39 is 0 Å². The third-order valence-corrected chi connectivity index (χ3v) is 2.83. The summed E-state index contributed by atoms with van der Waals surface area (Å²) in [6.45, 7) is 0. The Morgan fingerprint density at radius 1 is 1.50 bits per heavy atom. The summed E-state index contributed by atoms with van der Waals surface area (Å²) >= 11 is 0. The molecule has 5 nitrogen and oxygen atoms in total. The minimum absolute atomic E-state index is 0.0760. The quantitative estimate of drug-likeness (QED) is 0.827. The van der Waals surface area contributed by atoms with Gasteiger partial charge in [0.15, 0.2) is 0 Å². The molecule has 0 aromatic heterocycles. The maximum absolute atomic E-state index is 11.0. The molecule has 0 radical (unpaired) electrons. The van der Waals surface area contributed by atoms with Crippen LogP contribution in [-0.4, -0.2) is 30.0 Å². The molecule has 1 N–H and O–H groups in total. The van der Waals surface area contributed by atoms with Gasteiger partial charge in [-0.3, -0.25) is 4.79 Å². The lowest BCUT2D eigenvalue weighted by Crippen LogP contribution is -2.11. The fourth-order valence-corrected chi connectivity index (χ4v) is 1.79. The molecule has 0 aliphatic carbocycles. The van der Waals surface area contributed by atoms with E-state index in [9.17, 15) is 9.90 Å². The molecule has 0 saturated carbocycles. The lowest BCUT2D eigenvalue weighted by Gasteiger charge is -2.06. The minimum atomic E-state index is -0.239. The van der Waals surface area contributed by atoms with Crippen LogP contribution in [0.1, 0.15) is 24.8 Å². The van der Waals surface area contributed by atoms with Crippen LogP contribution in [0.25, 0.3) is 0 Å².